The molecule has 0 aromatic carbocycles. The molecule has 25 heavy (non-hydrogen) atoms. The molecule has 1 rings (SSSR count). The van der Waals surface area contributed by atoms with Gasteiger partial charge in [-0.2, -0.15) is 0 Å². The van der Waals surface area contributed by atoms with Gasteiger partial charge in [-0.15, -0.1) is 0 Å². The number of Topliss-reactive ketones (excluding diaryl/α,β-unsaturated/α-hetero) is 1. The van der Waals surface area contributed by atoms with Gasteiger partial charge in [0.25, 0.3) is 6.47 Å². The highest BCUT2D eigenvalue weighted by atomic mass is 16.3. The van der Waals surface area contributed by atoms with E-state index in [1.54, 1.807) is 6.92 Å². The van der Waals surface area contributed by atoms with Crippen LogP contribution in [-0.4, -0.2) is 17.4 Å². The van der Waals surface area contributed by atoms with Gasteiger partial charge >= 0.3 is 0 Å². The third-order valence-corrected chi connectivity index (χ3v) is 3.66. The molecule has 0 aromatic rings. The summed E-state index contributed by atoms with van der Waals surface area (Å²) in [4.78, 5) is 19.1. The Morgan fingerprint density at radius 3 is 2.08 bits per heavy atom. The zero-order chi connectivity index (χ0) is 19.9. The molecule has 0 heterocycles. The van der Waals surface area contributed by atoms with Crippen molar-refractivity contribution in [3.8, 4) is 0 Å². The number of unbranched alkanes of at least 4 members (excludes halogenated alkanes) is 2. The molecule has 0 saturated heterocycles. The Morgan fingerprint density at radius 2 is 1.72 bits per heavy atom. The normalized spacial score (nSPS) is 15.4. The molecule has 2 unspecified atom stereocenters. The average molecular weight is 355 g/mol. The maximum atomic E-state index is 10.7. The van der Waals surface area contributed by atoms with E-state index in [1.165, 1.54) is 44.9 Å². The molecule has 3 nitrogen and oxygen atoms in total. The summed E-state index contributed by atoms with van der Waals surface area (Å²) in [5.41, 5.74) is 0. The number of rotatable bonds is 7. The van der Waals surface area contributed by atoms with Gasteiger partial charge in [-0.05, 0) is 32.1 Å². The molecule has 148 valence electrons. The Bertz CT molecular complexity index is 332. The molecule has 1 N–H and O–H groups in total. The van der Waals surface area contributed by atoms with E-state index in [-0.39, 0.29) is 12.4 Å². The molecule has 0 bridgehead atoms. The number of ketones is 1. The van der Waals surface area contributed by atoms with Crippen molar-refractivity contribution in [1.82, 2.24) is 0 Å². The van der Waals surface area contributed by atoms with E-state index in [1.807, 2.05) is 6.92 Å². The van der Waals surface area contributed by atoms with Crippen LogP contribution in [0.5, 0.6) is 0 Å². The third kappa shape index (κ3) is 27.7. The predicted octanol–water partition coefficient (Wildman–Crippen LogP) is 6.83. The number of hydrogen-bond donors (Lipinski definition) is 1. The topological polar surface area (TPSA) is 54.4 Å². The second-order valence-corrected chi connectivity index (χ2v) is 6.42. The van der Waals surface area contributed by atoms with Crippen molar-refractivity contribution < 1.29 is 14.7 Å². The lowest BCUT2D eigenvalue weighted by Gasteiger charge is -2.09. The van der Waals surface area contributed by atoms with Crippen LogP contribution in [0.4, 0.5) is 0 Å². The van der Waals surface area contributed by atoms with Crippen molar-refractivity contribution >= 4 is 12.3 Å². The molecule has 0 saturated carbocycles. The van der Waals surface area contributed by atoms with Gasteiger partial charge in [0, 0.05) is 5.92 Å². The Labute approximate surface area is 156 Å². The smallest absolute Gasteiger partial charge is 0.290 e. The molecule has 0 aromatic heterocycles. The van der Waals surface area contributed by atoms with E-state index in [4.69, 9.17) is 9.90 Å². The Hall–Kier alpha value is -1.38. The van der Waals surface area contributed by atoms with Crippen molar-refractivity contribution in [3.05, 3.63) is 24.3 Å². The average Bonchev–Trinajstić information content (AvgIpc) is 2.58. The molecular weight excluding hydrogens is 312 g/mol. The summed E-state index contributed by atoms with van der Waals surface area (Å²) < 4.78 is 0. The molecule has 0 fully saturated rings. The molecular formula is C22H42O3. The van der Waals surface area contributed by atoms with Gasteiger partial charge in [-0.25, -0.2) is 0 Å². The van der Waals surface area contributed by atoms with Gasteiger partial charge < -0.3 is 5.11 Å². The van der Waals surface area contributed by atoms with Gasteiger partial charge in [0.15, 0.2) is 0 Å². The highest BCUT2D eigenvalue weighted by Crippen LogP contribution is 2.16. The van der Waals surface area contributed by atoms with Gasteiger partial charge in [-0.3, -0.25) is 9.59 Å². The second-order valence-electron chi connectivity index (χ2n) is 6.42. The van der Waals surface area contributed by atoms with E-state index < -0.39 is 0 Å². The summed E-state index contributed by atoms with van der Waals surface area (Å²) in [6, 6.07) is 0. The lowest BCUT2D eigenvalue weighted by atomic mass is 9.96. The summed E-state index contributed by atoms with van der Waals surface area (Å²) >= 11 is 0. The van der Waals surface area contributed by atoms with Crippen LogP contribution in [0.15, 0.2) is 24.3 Å². The summed E-state index contributed by atoms with van der Waals surface area (Å²) in [6.07, 6.45) is 18.8. The first-order chi connectivity index (χ1) is 11.9. The van der Waals surface area contributed by atoms with E-state index in [0.717, 1.165) is 12.3 Å². The number of hydrogen-bond acceptors (Lipinski definition) is 2. The molecule has 0 radical (unpaired) electrons. The second kappa shape index (κ2) is 24.9. The van der Waals surface area contributed by atoms with Gasteiger partial charge in [0.2, 0.25) is 0 Å². The fraction of sp³-hybridized carbons (Fsp3) is 0.727. The van der Waals surface area contributed by atoms with Crippen molar-refractivity contribution in [2.45, 2.75) is 92.9 Å². The molecule has 1 aliphatic rings. The lowest BCUT2D eigenvalue weighted by Crippen LogP contribution is -2.05. The number of carboxylic acid groups (broad SMARTS) is 1. The monoisotopic (exact) mass is 354 g/mol. The van der Waals surface area contributed by atoms with Crippen LogP contribution in [0.3, 0.4) is 0 Å². The third-order valence-electron chi connectivity index (χ3n) is 3.66. The minimum atomic E-state index is -0.250. The van der Waals surface area contributed by atoms with Crippen molar-refractivity contribution in [3.63, 3.8) is 0 Å². The highest BCUT2D eigenvalue weighted by Gasteiger charge is 2.05. The van der Waals surface area contributed by atoms with Crippen molar-refractivity contribution in [1.29, 1.82) is 0 Å². The Balaban J connectivity index is -0.000000296. The number of carbonyl (C=O) groups excluding carboxylic acids is 1. The SMILES string of the molecule is CCC.CCCC1C=CC=CC1.CCCCCC(C)C(C)=O.O=CO. The van der Waals surface area contributed by atoms with Crippen LogP contribution in [0.25, 0.3) is 0 Å². The maximum Gasteiger partial charge on any atom is 0.290 e. The van der Waals surface area contributed by atoms with Crippen LogP contribution >= 0.6 is 0 Å². The predicted molar refractivity (Wildman–Crippen MR) is 110 cm³/mol. The van der Waals surface area contributed by atoms with Crippen LogP contribution in [0, 0.1) is 11.8 Å². The first-order valence-electron chi connectivity index (χ1n) is 9.86. The fourth-order valence-electron chi connectivity index (χ4n) is 2.12. The Morgan fingerprint density at radius 1 is 1.16 bits per heavy atom. The van der Waals surface area contributed by atoms with E-state index in [0.29, 0.717) is 5.78 Å². The van der Waals surface area contributed by atoms with Crippen molar-refractivity contribution in [2.75, 3.05) is 0 Å². The lowest BCUT2D eigenvalue weighted by molar-refractivity contribution is -0.123. The number of allylic oxidation sites excluding steroid dienone is 4. The zero-order valence-electron chi connectivity index (χ0n) is 17.5. The standard InChI is InChI=1S/C9H18O.C9H14.C3H8.CH2O2/c1-4-5-6-7-8(2)9(3)10;1-2-6-9-7-4-3-5-8-9;1-3-2;2-1-3/h8H,4-7H2,1-3H3;3-5,7,9H,2,6,8H2,1H3;3H2,1-2H3;1H,(H,2,3). The van der Waals surface area contributed by atoms with Crippen LogP contribution in [-0.2, 0) is 9.59 Å². The summed E-state index contributed by atoms with van der Waals surface area (Å²) in [6.45, 7) is 12.1. The Kier molecular flexibility index (Phi) is 28.3. The van der Waals surface area contributed by atoms with E-state index in [2.05, 4.69) is 52.0 Å². The summed E-state index contributed by atoms with van der Waals surface area (Å²) in [5, 5.41) is 6.89. The van der Waals surface area contributed by atoms with E-state index >= 15 is 0 Å². The largest absolute Gasteiger partial charge is 0.483 e. The van der Waals surface area contributed by atoms with Crippen LogP contribution in [0.1, 0.15) is 92.9 Å². The number of carbonyl (C=O) groups is 2. The summed E-state index contributed by atoms with van der Waals surface area (Å²) in [5.74, 6) is 1.45. The van der Waals surface area contributed by atoms with Crippen LogP contribution in [0.2, 0.25) is 0 Å². The fourth-order valence-corrected chi connectivity index (χ4v) is 2.12. The first-order valence-corrected chi connectivity index (χ1v) is 9.86. The molecule has 2 atom stereocenters. The summed E-state index contributed by atoms with van der Waals surface area (Å²) in [7, 11) is 0. The van der Waals surface area contributed by atoms with Crippen LogP contribution < -0.4 is 0 Å². The minimum absolute atomic E-state index is 0.250. The molecule has 0 aliphatic heterocycles. The minimum Gasteiger partial charge on any atom is -0.483 e. The van der Waals surface area contributed by atoms with Gasteiger partial charge in [0.1, 0.15) is 5.78 Å². The maximum absolute atomic E-state index is 10.7. The van der Waals surface area contributed by atoms with Crippen molar-refractivity contribution in [2.24, 2.45) is 11.8 Å². The molecule has 0 spiro atoms. The van der Waals surface area contributed by atoms with E-state index in [9.17, 15) is 4.79 Å². The first kappa shape index (κ1) is 28.4. The quantitative estimate of drug-likeness (QED) is 0.403. The van der Waals surface area contributed by atoms with Gasteiger partial charge in [-0.1, -0.05) is 91.0 Å². The zero-order valence-corrected chi connectivity index (χ0v) is 17.5. The van der Waals surface area contributed by atoms with Gasteiger partial charge in [0.05, 0.1) is 0 Å². The molecule has 1 aliphatic carbocycles. The highest BCUT2D eigenvalue weighted by molar-refractivity contribution is 5.77. The molecule has 0 amide bonds. The molecule has 3 heteroatoms.